The van der Waals surface area contributed by atoms with E-state index in [1.165, 1.54) is 4.70 Å². The summed E-state index contributed by atoms with van der Waals surface area (Å²) in [6, 6.07) is 8.18. The highest BCUT2D eigenvalue weighted by molar-refractivity contribution is 7.17. The standard InChI is InChI=1S/C24H32N2O4S/c1-2-30-24(29)12-6-4-3-5-11-22(27)25-13-15-26(16-14-25)23(28)17-19-18-31-21-10-8-7-9-20(19)21/h7-10,18H,2-6,11-17H2,1H3. The Balaban J connectivity index is 1.33. The van der Waals surface area contributed by atoms with Gasteiger partial charge in [0.05, 0.1) is 13.0 Å². The van der Waals surface area contributed by atoms with Crippen molar-refractivity contribution in [2.45, 2.75) is 51.9 Å². The molecule has 1 aromatic carbocycles. The first-order chi connectivity index (χ1) is 15.1. The summed E-state index contributed by atoms with van der Waals surface area (Å²) >= 11 is 1.68. The molecule has 0 atom stereocenters. The molecule has 0 saturated carbocycles. The molecule has 1 aromatic heterocycles. The van der Waals surface area contributed by atoms with Gasteiger partial charge in [0.25, 0.3) is 0 Å². The van der Waals surface area contributed by atoms with Crippen LogP contribution in [0.4, 0.5) is 0 Å². The van der Waals surface area contributed by atoms with Crippen molar-refractivity contribution < 1.29 is 19.1 Å². The highest BCUT2D eigenvalue weighted by atomic mass is 32.1. The van der Waals surface area contributed by atoms with Crippen molar-refractivity contribution in [3.8, 4) is 0 Å². The molecule has 2 heterocycles. The molecule has 3 rings (SSSR count). The molecule has 1 aliphatic rings. The molecule has 2 aromatic rings. The van der Waals surface area contributed by atoms with Crippen molar-refractivity contribution in [1.82, 2.24) is 9.80 Å². The zero-order valence-corrected chi connectivity index (χ0v) is 19.1. The Morgan fingerprint density at radius 3 is 2.26 bits per heavy atom. The van der Waals surface area contributed by atoms with Crippen molar-refractivity contribution in [3.63, 3.8) is 0 Å². The van der Waals surface area contributed by atoms with E-state index >= 15 is 0 Å². The molecule has 1 saturated heterocycles. The van der Waals surface area contributed by atoms with Gasteiger partial charge in [-0.25, -0.2) is 0 Å². The smallest absolute Gasteiger partial charge is 0.305 e. The summed E-state index contributed by atoms with van der Waals surface area (Å²) in [4.78, 5) is 40.3. The van der Waals surface area contributed by atoms with Gasteiger partial charge in [0.1, 0.15) is 0 Å². The normalized spacial score (nSPS) is 14.1. The fourth-order valence-corrected chi connectivity index (χ4v) is 4.90. The van der Waals surface area contributed by atoms with Crippen LogP contribution in [-0.2, 0) is 25.5 Å². The van der Waals surface area contributed by atoms with E-state index in [0.29, 0.717) is 52.0 Å². The second kappa shape index (κ2) is 11.8. The maximum atomic E-state index is 12.7. The number of carbonyl (C=O) groups is 3. The van der Waals surface area contributed by atoms with Gasteiger partial charge in [-0.1, -0.05) is 31.0 Å². The lowest BCUT2D eigenvalue weighted by Gasteiger charge is -2.35. The van der Waals surface area contributed by atoms with Gasteiger partial charge in [-0.3, -0.25) is 14.4 Å². The summed E-state index contributed by atoms with van der Waals surface area (Å²) in [7, 11) is 0. The van der Waals surface area contributed by atoms with Gasteiger partial charge in [-0.05, 0) is 42.2 Å². The fraction of sp³-hybridized carbons (Fsp3) is 0.542. The number of rotatable bonds is 10. The lowest BCUT2D eigenvalue weighted by Crippen LogP contribution is -2.50. The van der Waals surface area contributed by atoms with Crippen molar-refractivity contribution in [2.24, 2.45) is 0 Å². The van der Waals surface area contributed by atoms with Crippen LogP contribution in [0.15, 0.2) is 29.6 Å². The Hall–Kier alpha value is -2.41. The summed E-state index contributed by atoms with van der Waals surface area (Å²) < 4.78 is 6.12. The number of hydrogen-bond acceptors (Lipinski definition) is 5. The molecule has 7 heteroatoms. The van der Waals surface area contributed by atoms with E-state index in [9.17, 15) is 14.4 Å². The van der Waals surface area contributed by atoms with Gasteiger partial charge < -0.3 is 14.5 Å². The van der Waals surface area contributed by atoms with Gasteiger partial charge in [0.2, 0.25) is 11.8 Å². The molecule has 31 heavy (non-hydrogen) atoms. The van der Waals surface area contributed by atoms with Crippen LogP contribution in [0.5, 0.6) is 0 Å². The van der Waals surface area contributed by atoms with E-state index in [1.807, 2.05) is 28.9 Å². The van der Waals surface area contributed by atoms with Crippen LogP contribution in [0.25, 0.3) is 10.1 Å². The van der Waals surface area contributed by atoms with Crippen LogP contribution in [0.1, 0.15) is 51.0 Å². The number of ether oxygens (including phenoxy) is 1. The summed E-state index contributed by atoms with van der Waals surface area (Å²) in [6.45, 7) is 4.66. The Bertz CT molecular complexity index is 887. The van der Waals surface area contributed by atoms with Gasteiger partial charge in [-0.15, -0.1) is 11.3 Å². The number of hydrogen-bond donors (Lipinski definition) is 0. The van der Waals surface area contributed by atoms with Crippen LogP contribution < -0.4 is 0 Å². The van der Waals surface area contributed by atoms with Crippen molar-refractivity contribution in [1.29, 1.82) is 0 Å². The zero-order valence-electron chi connectivity index (χ0n) is 18.3. The molecule has 0 radical (unpaired) electrons. The second-order valence-electron chi connectivity index (χ2n) is 7.91. The summed E-state index contributed by atoms with van der Waals surface area (Å²) in [5.74, 6) is 0.164. The fourth-order valence-electron chi connectivity index (χ4n) is 3.94. The molecule has 2 amide bonds. The first-order valence-corrected chi connectivity index (χ1v) is 12.1. The van der Waals surface area contributed by atoms with Crippen LogP contribution in [0, 0.1) is 0 Å². The van der Waals surface area contributed by atoms with Gasteiger partial charge in [0.15, 0.2) is 0 Å². The van der Waals surface area contributed by atoms with Crippen LogP contribution in [0.2, 0.25) is 0 Å². The third kappa shape index (κ3) is 6.79. The number of thiophene rings is 1. The largest absolute Gasteiger partial charge is 0.466 e. The van der Waals surface area contributed by atoms with E-state index in [0.717, 1.165) is 36.6 Å². The first-order valence-electron chi connectivity index (χ1n) is 11.2. The summed E-state index contributed by atoms with van der Waals surface area (Å²) in [5, 5.41) is 3.24. The summed E-state index contributed by atoms with van der Waals surface area (Å²) in [5.41, 5.74) is 1.09. The third-order valence-corrected chi connectivity index (χ3v) is 6.73. The van der Waals surface area contributed by atoms with Crippen LogP contribution >= 0.6 is 11.3 Å². The van der Waals surface area contributed by atoms with Crippen LogP contribution in [0.3, 0.4) is 0 Å². The number of piperazine rings is 1. The maximum absolute atomic E-state index is 12.7. The Kier molecular flexibility index (Phi) is 8.88. The van der Waals surface area contributed by atoms with E-state index in [1.54, 1.807) is 11.3 Å². The van der Waals surface area contributed by atoms with E-state index in [2.05, 4.69) is 17.5 Å². The molecular weight excluding hydrogens is 412 g/mol. The Morgan fingerprint density at radius 2 is 1.55 bits per heavy atom. The number of amides is 2. The van der Waals surface area contributed by atoms with Gasteiger partial charge >= 0.3 is 5.97 Å². The molecule has 1 fully saturated rings. The van der Waals surface area contributed by atoms with E-state index in [4.69, 9.17) is 4.74 Å². The van der Waals surface area contributed by atoms with Gasteiger partial charge in [0, 0.05) is 43.7 Å². The van der Waals surface area contributed by atoms with Crippen molar-refractivity contribution in [3.05, 3.63) is 35.2 Å². The number of benzene rings is 1. The topological polar surface area (TPSA) is 66.9 Å². The number of fused-ring (bicyclic) bond motifs is 1. The third-order valence-electron chi connectivity index (χ3n) is 5.71. The Labute approximate surface area is 188 Å². The molecule has 1 aliphatic heterocycles. The number of esters is 1. The van der Waals surface area contributed by atoms with Gasteiger partial charge in [-0.2, -0.15) is 0 Å². The Morgan fingerprint density at radius 1 is 0.903 bits per heavy atom. The average Bonchev–Trinajstić information content (AvgIpc) is 3.19. The number of carbonyl (C=O) groups excluding carboxylic acids is 3. The second-order valence-corrected chi connectivity index (χ2v) is 8.83. The maximum Gasteiger partial charge on any atom is 0.305 e. The predicted molar refractivity (Wildman–Crippen MR) is 123 cm³/mol. The quantitative estimate of drug-likeness (QED) is 0.410. The predicted octanol–water partition coefficient (Wildman–Crippen LogP) is 4.02. The molecule has 168 valence electrons. The first kappa shape index (κ1) is 23.3. The van der Waals surface area contributed by atoms with Crippen molar-refractivity contribution >= 4 is 39.2 Å². The summed E-state index contributed by atoms with van der Waals surface area (Å²) in [6.07, 6.45) is 4.94. The zero-order chi connectivity index (χ0) is 22.1. The SMILES string of the molecule is CCOC(=O)CCCCCCC(=O)N1CCN(C(=O)Cc2csc3ccccc23)CC1. The van der Waals surface area contributed by atoms with E-state index in [-0.39, 0.29) is 17.8 Å². The monoisotopic (exact) mass is 444 g/mol. The minimum absolute atomic E-state index is 0.136. The van der Waals surface area contributed by atoms with Crippen molar-refractivity contribution in [2.75, 3.05) is 32.8 Å². The minimum atomic E-state index is -0.141. The highest BCUT2D eigenvalue weighted by Gasteiger charge is 2.24. The molecule has 0 spiro atoms. The van der Waals surface area contributed by atoms with Crippen LogP contribution in [-0.4, -0.2) is 60.4 Å². The minimum Gasteiger partial charge on any atom is -0.466 e. The molecule has 0 unspecified atom stereocenters. The lowest BCUT2D eigenvalue weighted by atomic mass is 10.1. The molecule has 0 N–H and O–H groups in total. The van der Waals surface area contributed by atoms with E-state index < -0.39 is 0 Å². The molecular formula is C24H32N2O4S. The molecule has 6 nitrogen and oxygen atoms in total. The molecule has 0 aliphatic carbocycles. The number of nitrogens with zero attached hydrogens (tertiary/aromatic N) is 2. The number of unbranched alkanes of at least 4 members (excludes halogenated alkanes) is 3. The average molecular weight is 445 g/mol. The molecule has 0 bridgehead atoms. The highest BCUT2D eigenvalue weighted by Crippen LogP contribution is 2.26. The lowest BCUT2D eigenvalue weighted by molar-refractivity contribution is -0.143.